The summed E-state index contributed by atoms with van der Waals surface area (Å²) in [6.45, 7) is 3.80. The molecule has 1 heterocycles. The van der Waals surface area contributed by atoms with Gasteiger partial charge in [0.2, 0.25) is 6.29 Å². The molecule has 128 valence electrons. The summed E-state index contributed by atoms with van der Waals surface area (Å²) in [6.07, 6.45) is -1.58. The number of methoxy groups -OCH3 is 1. The zero-order valence-electron chi connectivity index (χ0n) is 13.3. The van der Waals surface area contributed by atoms with Crippen LogP contribution in [0.4, 0.5) is 4.79 Å². The maximum atomic E-state index is 11.5. The lowest BCUT2D eigenvalue weighted by Gasteiger charge is -2.24. The van der Waals surface area contributed by atoms with Crippen molar-refractivity contribution in [3.63, 3.8) is 0 Å². The fraction of sp³-hybridized carbons (Fsp3) is 0.500. The van der Waals surface area contributed by atoms with Gasteiger partial charge in [0.15, 0.2) is 0 Å². The number of carbonyl (C=O) groups excluding carboxylic acids is 1. The number of ether oxygens (including phenoxy) is 3. The summed E-state index contributed by atoms with van der Waals surface area (Å²) in [5.74, 6) is 0.687. The van der Waals surface area contributed by atoms with E-state index < -0.39 is 22.7 Å². The second kappa shape index (κ2) is 5.99. The average molecular weight is 345 g/mol. The molecular formula is C14H19NO7S. The number of fused-ring (bicyclic) bond motifs is 1. The molecule has 1 aromatic carbocycles. The lowest BCUT2D eigenvalue weighted by molar-refractivity contribution is -0.0779. The van der Waals surface area contributed by atoms with Gasteiger partial charge in [0.05, 0.1) is 5.41 Å². The van der Waals surface area contributed by atoms with Crippen molar-refractivity contribution in [2.24, 2.45) is 0 Å². The minimum atomic E-state index is -4.62. The first-order valence-corrected chi connectivity index (χ1v) is 8.18. The molecule has 23 heavy (non-hydrogen) atoms. The maximum Gasteiger partial charge on any atom is 0.425 e. The third-order valence-corrected chi connectivity index (χ3v) is 4.58. The molecule has 9 heteroatoms. The quantitative estimate of drug-likeness (QED) is 0.829. The molecule has 8 nitrogen and oxygen atoms in total. The van der Waals surface area contributed by atoms with Gasteiger partial charge in [-0.3, -0.25) is 4.55 Å². The normalized spacial score (nSPS) is 18.9. The SMILES string of the molecule is COC1Oc2ccc(COC(=O)N(C)S(=O)(=O)O)cc2C1(C)C. The van der Waals surface area contributed by atoms with Crippen LogP contribution in [0.25, 0.3) is 0 Å². The highest BCUT2D eigenvalue weighted by Crippen LogP contribution is 2.43. The zero-order valence-corrected chi connectivity index (χ0v) is 14.1. The number of hydrogen-bond acceptors (Lipinski definition) is 6. The Bertz CT molecular complexity index is 714. The Morgan fingerprint density at radius 2 is 2.09 bits per heavy atom. The van der Waals surface area contributed by atoms with Crippen molar-refractivity contribution < 1.29 is 32.0 Å². The first-order chi connectivity index (χ1) is 10.6. The van der Waals surface area contributed by atoms with Crippen molar-refractivity contribution in [3.05, 3.63) is 29.3 Å². The third kappa shape index (κ3) is 3.41. The third-order valence-electron chi connectivity index (χ3n) is 3.74. The number of rotatable bonds is 4. The van der Waals surface area contributed by atoms with Gasteiger partial charge in [0.25, 0.3) is 0 Å². The van der Waals surface area contributed by atoms with E-state index in [9.17, 15) is 13.2 Å². The van der Waals surface area contributed by atoms with Gasteiger partial charge in [-0.15, -0.1) is 0 Å². The molecule has 0 aromatic heterocycles. The molecule has 1 amide bonds. The highest BCUT2D eigenvalue weighted by molar-refractivity contribution is 7.83. The van der Waals surface area contributed by atoms with Crippen LogP contribution in [0, 0.1) is 0 Å². The highest BCUT2D eigenvalue weighted by atomic mass is 32.2. The summed E-state index contributed by atoms with van der Waals surface area (Å²) in [5, 5.41) is 0. The number of hydrogen-bond donors (Lipinski definition) is 1. The van der Waals surface area contributed by atoms with E-state index in [1.807, 2.05) is 19.9 Å². The van der Waals surface area contributed by atoms with Gasteiger partial charge in [-0.2, -0.15) is 12.7 Å². The van der Waals surface area contributed by atoms with Crippen LogP contribution in [-0.4, -0.2) is 43.8 Å². The van der Waals surface area contributed by atoms with E-state index in [2.05, 4.69) is 0 Å². The second-order valence-corrected chi connectivity index (χ2v) is 7.18. The van der Waals surface area contributed by atoms with Crippen molar-refractivity contribution >= 4 is 16.4 Å². The molecule has 0 aliphatic carbocycles. The van der Waals surface area contributed by atoms with Gasteiger partial charge in [-0.1, -0.05) is 6.07 Å². The lowest BCUT2D eigenvalue weighted by Crippen LogP contribution is -2.33. The summed E-state index contributed by atoms with van der Waals surface area (Å²) in [7, 11) is -2.16. The fourth-order valence-corrected chi connectivity index (χ4v) is 2.58. The van der Waals surface area contributed by atoms with Gasteiger partial charge in [0.1, 0.15) is 12.4 Å². The first-order valence-electron chi connectivity index (χ1n) is 6.78. The van der Waals surface area contributed by atoms with Crippen LogP contribution in [0.15, 0.2) is 18.2 Å². The zero-order chi connectivity index (χ0) is 17.4. The highest BCUT2D eigenvalue weighted by Gasteiger charge is 2.42. The van der Waals surface area contributed by atoms with Crippen molar-refractivity contribution in [2.45, 2.75) is 32.2 Å². The first kappa shape index (κ1) is 17.5. The maximum absolute atomic E-state index is 11.5. The molecule has 0 radical (unpaired) electrons. The Morgan fingerprint density at radius 3 is 2.65 bits per heavy atom. The Labute approximate surface area is 134 Å². The van der Waals surface area contributed by atoms with Crippen LogP contribution in [-0.2, 0) is 31.8 Å². The van der Waals surface area contributed by atoms with Gasteiger partial charge in [-0.05, 0) is 31.5 Å². The number of benzene rings is 1. The molecule has 0 saturated heterocycles. The average Bonchev–Trinajstić information content (AvgIpc) is 2.73. The van der Waals surface area contributed by atoms with Crippen LogP contribution < -0.4 is 4.74 Å². The van der Waals surface area contributed by atoms with Gasteiger partial charge in [-0.25, -0.2) is 4.79 Å². The van der Waals surface area contributed by atoms with Crippen LogP contribution in [0.5, 0.6) is 5.75 Å². The molecule has 0 spiro atoms. The monoisotopic (exact) mass is 345 g/mol. The number of nitrogens with zero attached hydrogens (tertiary/aromatic N) is 1. The van der Waals surface area contributed by atoms with Crippen LogP contribution in [0.2, 0.25) is 0 Å². The fourth-order valence-electron chi connectivity index (χ4n) is 2.34. The van der Waals surface area contributed by atoms with Crippen molar-refractivity contribution in [1.82, 2.24) is 4.31 Å². The van der Waals surface area contributed by atoms with Crippen molar-refractivity contribution in [3.8, 4) is 5.75 Å². The molecule has 1 aliphatic heterocycles. The Balaban J connectivity index is 2.12. The standard InChI is InChI=1S/C14H19NO7S/c1-14(2)10-7-9(5-6-11(10)22-12(14)20-4)8-21-13(16)15(3)23(17,18)19/h5-7,12H,8H2,1-4H3,(H,17,18,19). The Kier molecular flexibility index (Phi) is 4.56. The molecule has 1 N–H and O–H groups in total. The predicted molar refractivity (Wildman–Crippen MR) is 80.4 cm³/mol. The molecule has 1 aromatic rings. The van der Waals surface area contributed by atoms with E-state index in [0.717, 1.165) is 12.6 Å². The molecule has 1 aliphatic rings. The smallest absolute Gasteiger partial charge is 0.425 e. The van der Waals surface area contributed by atoms with Crippen molar-refractivity contribution in [1.29, 1.82) is 0 Å². The van der Waals surface area contributed by atoms with Gasteiger partial charge < -0.3 is 14.2 Å². The minimum Gasteiger partial charge on any atom is -0.464 e. The largest absolute Gasteiger partial charge is 0.464 e. The molecule has 1 atom stereocenters. The summed E-state index contributed by atoms with van der Waals surface area (Å²) in [6, 6.07) is 5.26. The van der Waals surface area contributed by atoms with Crippen LogP contribution in [0.1, 0.15) is 25.0 Å². The van der Waals surface area contributed by atoms with E-state index in [4.69, 9.17) is 18.8 Å². The number of amides is 1. The van der Waals surface area contributed by atoms with Gasteiger partial charge >= 0.3 is 16.4 Å². The molecular weight excluding hydrogens is 326 g/mol. The summed E-state index contributed by atoms with van der Waals surface area (Å²) < 4.78 is 46.4. The van der Waals surface area contributed by atoms with Crippen LogP contribution in [0.3, 0.4) is 0 Å². The van der Waals surface area contributed by atoms with Gasteiger partial charge in [0, 0.05) is 19.7 Å². The Hall–Kier alpha value is -1.84. The molecule has 0 bridgehead atoms. The summed E-state index contributed by atoms with van der Waals surface area (Å²) in [5.41, 5.74) is 1.19. The van der Waals surface area contributed by atoms with E-state index in [1.165, 1.54) is 0 Å². The minimum absolute atomic E-state index is 0.119. The van der Waals surface area contributed by atoms with Crippen LogP contribution >= 0.6 is 0 Å². The topological polar surface area (TPSA) is 102 Å². The number of carbonyl (C=O) groups is 1. The summed E-state index contributed by atoms with van der Waals surface area (Å²) >= 11 is 0. The molecule has 2 rings (SSSR count). The molecule has 0 fully saturated rings. The molecule has 1 unspecified atom stereocenters. The van der Waals surface area contributed by atoms with E-state index in [-0.39, 0.29) is 16.3 Å². The van der Waals surface area contributed by atoms with E-state index in [1.54, 1.807) is 19.2 Å². The lowest BCUT2D eigenvalue weighted by atomic mass is 9.84. The van der Waals surface area contributed by atoms with E-state index >= 15 is 0 Å². The predicted octanol–water partition coefficient (Wildman–Crippen LogP) is 1.70. The van der Waals surface area contributed by atoms with E-state index in [0.29, 0.717) is 11.3 Å². The second-order valence-electron chi connectivity index (χ2n) is 5.74. The summed E-state index contributed by atoms with van der Waals surface area (Å²) in [4.78, 5) is 11.5. The molecule has 0 saturated carbocycles. The Morgan fingerprint density at radius 1 is 1.43 bits per heavy atom. The van der Waals surface area contributed by atoms with Crippen molar-refractivity contribution in [2.75, 3.05) is 14.2 Å².